The molecule has 11 heteroatoms. The minimum Gasteiger partial charge on any atom is -0.505 e. The average Bonchev–Trinajstić information content (AvgIpc) is 3.67. The molecule has 3 aromatic heterocycles. The van der Waals surface area contributed by atoms with Crippen LogP contribution in [-0.2, 0) is 9.59 Å². The summed E-state index contributed by atoms with van der Waals surface area (Å²) in [7, 11) is 0. The maximum Gasteiger partial charge on any atom is 0.301 e. The lowest BCUT2D eigenvalue weighted by Crippen LogP contribution is -2.29. The summed E-state index contributed by atoms with van der Waals surface area (Å²) in [6.07, 6.45) is 2.57. The number of pyridine rings is 1. The number of Topliss-reactive ketones (excluding diaryl/α,β-unsaturated/α-hetero) is 1. The van der Waals surface area contributed by atoms with Gasteiger partial charge in [0.15, 0.2) is 22.4 Å². The Morgan fingerprint density at radius 1 is 0.955 bits per heavy atom. The highest BCUT2D eigenvalue weighted by Crippen LogP contribution is 2.46. The van der Waals surface area contributed by atoms with Crippen LogP contribution in [0.2, 0.25) is 0 Å². The van der Waals surface area contributed by atoms with Gasteiger partial charge in [0.2, 0.25) is 0 Å². The van der Waals surface area contributed by atoms with Gasteiger partial charge in [-0.05, 0) is 75.2 Å². The van der Waals surface area contributed by atoms with Crippen molar-refractivity contribution in [3.8, 4) is 17.2 Å². The average molecular weight is 613 g/mol. The van der Waals surface area contributed by atoms with Gasteiger partial charge in [-0.3, -0.25) is 18.9 Å². The number of amides is 1. The molecule has 1 atom stereocenters. The van der Waals surface area contributed by atoms with E-state index in [9.17, 15) is 14.7 Å². The predicted molar refractivity (Wildman–Crippen MR) is 169 cm³/mol. The molecular weight excluding hydrogens is 580 g/mol. The minimum atomic E-state index is -1.00. The number of aryl methyl sites for hydroxylation is 1. The molecule has 226 valence electrons. The number of fused-ring (bicyclic) bond motifs is 2. The molecule has 0 bridgehead atoms. The van der Waals surface area contributed by atoms with Gasteiger partial charge >= 0.3 is 5.91 Å². The van der Waals surface area contributed by atoms with Crippen LogP contribution in [-0.4, -0.2) is 51.0 Å². The molecule has 1 saturated heterocycles. The van der Waals surface area contributed by atoms with Gasteiger partial charge in [-0.1, -0.05) is 30.4 Å². The Bertz CT molecular complexity index is 1930. The lowest BCUT2D eigenvalue weighted by molar-refractivity contribution is -0.132. The fourth-order valence-electron chi connectivity index (χ4n) is 5.42. The first-order valence-corrected chi connectivity index (χ1v) is 15.4. The van der Waals surface area contributed by atoms with Crippen molar-refractivity contribution in [1.82, 2.24) is 14.4 Å². The number of imidazole rings is 1. The molecule has 6 rings (SSSR count). The molecule has 1 fully saturated rings. The number of benzene rings is 2. The molecule has 5 aromatic rings. The van der Waals surface area contributed by atoms with Crippen LogP contribution >= 0.6 is 11.3 Å². The SMILES string of the molecule is CCCOc1ccc(C2C(=C(O)c3c(C)nc4ccccn34)C(=O)C(=O)N2c2nc3ccc(OCC)cc3s2)cc1OCC. The fraction of sp³-hybridized carbons (Fsp3) is 0.273. The van der Waals surface area contributed by atoms with Crippen LogP contribution in [0.25, 0.3) is 21.6 Å². The van der Waals surface area contributed by atoms with Crippen LogP contribution in [0.15, 0.2) is 66.4 Å². The number of carbonyl (C=O) groups is 2. The van der Waals surface area contributed by atoms with Gasteiger partial charge in [-0.2, -0.15) is 0 Å². The number of carbonyl (C=O) groups excluding carboxylic acids is 2. The third kappa shape index (κ3) is 5.02. The molecule has 44 heavy (non-hydrogen) atoms. The minimum absolute atomic E-state index is 0.0670. The Labute approximate surface area is 258 Å². The molecule has 4 heterocycles. The third-order valence-corrected chi connectivity index (χ3v) is 8.30. The topological polar surface area (TPSA) is 115 Å². The monoisotopic (exact) mass is 612 g/mol. The second kappa shape index (κ2) is 12.0. The van der Waals surface area contributed by atoms with Crippen molar-refractivity contribution >= 4 is 49.8 Å². The van der Waals surface area contributed by atoms with E-state index in [0.29, 0.717) is 70.3 Å². The lowest BCUT2D eigenvalue weighted by atomic mass is 9.96. The molecule has 1 N–H and O–H groups in total. The molecule has 1 amide bonds. The predicted octanol–water partition coefficient (Wildman–Crippen LogP) is 6.46. The number of nitrogens with zero attached hydrogens (tertiary/aromatic N) is 4. The first kappa shape index (κ1) is 29.2. The Morgan fingerprint density at radius 2 is 1.77 bits per heavy atom. The van der Waals surface area contributed by atoms with Gasteiger partial charge < -0.3 is 19.3 Å². The van der Waals surface area contributed by atoms with Gasteiger partial charge in [0, 0.05) is 6.20 Å². The molecule has 0 radical (unpaired) electrons. The number of ether oxygens (including phenoxy) is 3. The number of thiazole rings is 1. The van der Waals surface area contributed by atoms with Crippen LogP contribution in [0.3, 0.4) is 0 Å². The normalized spacial score (nSPS) is 16.3. The Balaban J connectivity index is 1.57. The van der Waals surface area contributed by atoms with E-state index in [1.165, 1.54) is 16.2 Å². The Morgan fingerprint density at radius 3 is 2.55 bits per heavy atom. The first-order chi connectivity index (χ1) is 21.4. The van der Waals surface area contributed by atoms with E-state index < -0.39 is 17.7 Å². The second-order valence-corrected chi connectivity index (χ2v) is 11.2. The Kier molecular flexibility index (Phi) is 7.96. The van der Waals surface area contributed by atoms with Crippen molar-refractivity contribution in [2.24, 2.45) is 0 Å². The van der Waals surface area contributed by atoms with Crippen molar-refractivity contribution in [1.29, 1.82) is 0 Å². The maximum atomic E-state index is 13.9. The van der Waals surface area contributed by atoms with E-state index in [-0.39, 0.29) is 11.3 Å². The number of aliphatic hydroxyl groups excluding tert-OH is 1. The van der Waals surface area contributed by atoms with Crippen molar-refractivity contribution < 1.29 is 28.9 Å². The molecule has 1 aliphatic rings. The molecule has 2 aromatic carbocycles. The highest BCUT2D eigenvalue weighted by molar-refractivity contribution is 7.22. The standard InChI is InChI=1S/C33H32N4O6S/c1-5-16-43-23-14-11-20(17-24(23)42-7-3)29-27(30(38)28-19(4)34-26-10-8-9-15-36(26)28)31(39)32(40)37(29)33-35-22-13-12-21(41-6-2)18-25(22)44-33/h8-15,17-18,29,38H,5-7,16H2,1-4H3. The number of rotatable bonds is 10. The lowest BCUT2D eigenvalue weighted by Gasteiger charge is -2.24. The summed E-state index contributed by atoms with van der Waals surface area (Å²) in [6, 6.07) is 15.3. The smallest absolute Gasteiger partial charge is 0.301 e. The summed E-state index contributed by atoms with van der Waals surface area (Å²) < 4.78 is 20.0. The van der Waals surface area contributed by atoms with E-state index in [1.54, 1.807) is 41.8 Å². The number of anilines is 1. The summed E-state index contributed by atoms with van der Waals surface area (Å²) in [5, 5.41) is 12.2. The van der Waals surface area contributed by atoms with E-state index >= 15 is 0 Å². The first-order valence-electron chi connectivity index (χ1n) is 14.5. The van der Waals surface area contributed by atoms with Crippen LogP contribution < -0.4 is 19.1 Å². The molecule has 0 aliphatic carbocycles. The summed E-state index contributed by atoms with van der Waals surface area (Å²) in [4.78, 5) is 38.4. The van der Waals surface area contributed by atoms with E-state index in [0.717, 1.165) is 11.1 Å². The molecule has 1 aliphatic heterocycles. The summed E-state index contributed by atoms with van der Waals surface area (Å²) in [6.45, 7) is 8.93. The zero-order valence-electron chi connectivity index (χ0n) is 24.9. The third-order valence-electron chi connectivity index (χ3n) is 7.28. The number of aromatic nitrogens is 3. The number of aliphatic hydroxyl groups is 1. The second-order valence-electron chi connectivity index (χ2n) is 10.2. The van der Waals surface area contributed by atoms with Crippen molar-refractivity contribution in [3.05, 3.63) is 83.3 Å². The summed E-state index contributed by atoms with van der Waals surface area (Å²) >= 11 is 1.27. The van der Waals surface area contributed by atoms with Gasteiger partial charge in [0.1, 0.15) is 17.1 Å². The van der Waals surface area contributed by atoms with E-state index in [2.05, 4.69) is 4.98 Å². The molecule has 0 spiro atoms. The van der Waals surface area contributed by atoms with Crippen molar-refractivity contribution in [2.45, 2.75) is 40.2 Å². The molecular formula is C33H32N4O6S. The van der Waals surface area contributed by atoms with Crippen LogP contribution in [0.1, 0.15) is 50.2 Å². The van der Waals surface area contributed by atoms with Gasteiger partial charge in [-0.15, -0.1) is 0 Å². The number of hydrogen-bond acceptors (Lipinski definition) is 9. The van der Waals surface area contributed by atoms with E-state index in [4.69, 9.17) is 19.2 Å². The molecule has 0 saturated carbocycles. The van der Waals surface area contributed by atoms with Crippen LogP contribution in [0, 0.1) is 6.92 Å². The Hall–Kier alpha value is -4.90. The maximum absolute atomic E-state index is 13.9. The van der Waals surface area contributed by atoms with Gasteiger partial charge in [0.25, 0.3) is 5.78 Å². The highest BCUT2D eigenvalue weighted by atomic mass is 32.1. The fourth-order valence-corrected chi connectivity index (χ4v) is 6.44. The summed E-state index contributed by atoms with van der Waals surface area (Å²) in [5.41, 5.74) is 2.60. The quantitative estimate of drug-likeness (QED) is 0.109. The summed E-state index contributed by atoms with van der Waals surface area (Å²) in [5.74, 6) is -0.235. The van der Waals surface area contributed by atoms with Crippen LogP contribution in [0.4, 0.5) is 5.13 Å². The van der Waals surface area contributed by atoms with Crippen LogP contribution in [0.5, 0.6) is 17.2 Å². The largest absolute Gasteiger partial charge is 0.505 e. The molecule has 10 nitrogen and oxygen atoms in total. The van der Waals surface area contributed by atoms with Crippen molar-refractivity contribution in [3.63, 3.8) is 0 Å². The number of ketones is 1. The van der Waals surface area contributed by atoms with Gasteiger partial charge in [0.05, 0.1) is 47.3 Å². The number of hydrogen-bond donors (Lipinski definition) is 1. The zero-order chi connectivity index (χ0) is 31.0. The van der Waals surface area contributed by atoms with Gasteiger partial charge in [-0.25, -0.2) is 9.97 Å². The highest BCUT2D eigenvalue weighted by Gasteiger charge is 2.49. The van der Waals surface area contributed by atoms with Crippen molar-refractivity contribution in [2.75, 3.05) is 24.7 Å². The molecule has 1 unspecified atom stereocenters. The van der Waals surface area contributed by atoms with E-state index in [1.807, 2.05) is 51.1 Å². The zero-order valence-corrected chi connectivity index (χ0v) is 25.7.